The fourth-order valence-corrected chi connectivity index (χ4v) is 4.61. The Morgan fingerprint density at radius 1 is 0.629 bits per heavy atom. The van der Waals surface area contributed by atoms with Gasteiger partial charge in [0.2, 0.25) is 0 Å². The number of halogens is 1. The molecular weight excluding hydrogens is 454 g/mol. The van der Waals surface area contributed by atoms with Gasteiger partial charge in [-0.15, -0.1) is 0 Å². The lowest BCUT2D eigenvalue weighted by Crippen LogP contribution is -3.00. The van der Waals surface area contributed by atoms with Crippen molar-refractivity contribution >= 4 is 0 Å². The number of nitrogens with zero attached hydrogens (tertiary/aromatic N) is 1. The maximum Gasteiger partial charge on any atom is 0.119 e. The molecule has 0 aliphatic carbocycles. The Morgan fingerprint density at radius 3 is 1.89 bits per heavy atom. The molecule has 0 saturated carbocycles. The molecule has 0 radical (unpaired) electrons. The molecule has 2 rings (SSSR count). The van der Waals surface area contributed by atoms with Gasteiger partial charge in [0.05, 0.1) is 26.3 Å². The average Bonchev–Trinajstić information content (AvgIpc) is 2.88. The van der Waals surface area contributed by atoms with Crippen molar-refractivity contribution in [2.75, 3.05) is 39.5 Å². The third-order valence-electron chi connectivity index (χ3n) is 7.15. The Hall–Kier alpha value is -1.55. The zero-order valence-electron chi connectivity index (χ0n) is 22.7. The highest BCUT2D eigenvalue weighted by atomic mass is 35.5. The third-order valence-corrected chi connectivity index (χ3v) is 7.15. The van der Waals surface area contributed by atoms with Crippen LogP contribution in [-0.2, 0) is 17.7 Å². The summed E-state index contributed by atoms with van der Waals surface area (Å²) in [7, 11) is 0. The molecule has 0 bridgehead atoms. The lowest BCUT2D eigenvalue weighted by Gasteiger charge is -2.37. The molecule has 0 aliphatic rings. The van der Waals surface area contributed by atoms with Crippen molar-refractivity contribution in [1.29, 1.82) is 0 Å². The van der Waals surface area contributed by atoms with Crippen LogP contribution in [0.15, 0.2) is 54.6 Å². The standard InChI is InChI=1S/C31H50NO2.ClH/c1-4-7-8-9-10-11-12-14-17-29-20-22-31(23-21-29)34-27-26-33-25-24-32(5-2,6-3)28-30-18-15-13-16-19-30;/h13,15-16,18-23H,4-12,14,17,24-28H2,1-3H3;1H/q+1;/p-1. The fraction of sp³-hybridized carbons (Fsp3) is 0.613. The van der Waals surface area contributed by atoms with Crippen molar-refractivity contribution in [3.05, 3.63) is 65.7 Å². The molecular formula is C31H50ClNO2. The van der Waals surface area contributed by atoms with Gasteiger partial charge in [-0.25, -0.2) is 0 Å². The second kappa shape index (κ2) is 19.6. The van der Waals surface area contributed by atoms with Crippen LogP contribution in [0, 0.1) is 0 Å². The van der Waals surface area contributed by atoms with Gasteiger partial charge in [0.1, 0.15) is 25.4 Å². The van der Waals surface area contributed by atoms with Crippen molar-refractivity contribution < 1.29 is 26.4 Å². The predicted octanol–water partition coefficient (Wildman–Crippen LogP) is 4.83. The van der Waals surface area contributed by atoms with E-state index in [9.17, 15) is 0 Å². The first-order valence-corrected chi connectivity index (χ1v) is 13.9. The Labute approximate surface area is 222 Å². The molecule has 0 fully saturated rings. The van der Waals surface area contributed by atoms with Crippen LogP contribution in [0.4, 0.5) is 0 Å². The van der Waals surface area contributed by atoms with E-state index in [1.165, 1.54) is 68.9 Å². The monoisotopic (exact) mass is 503 g/mol. The number of quaternary nitrogens is 1. The highest BCUT2D eigenvalue weighted by Crippen LogP contribution is 2.16. The molecule has 2 aromatic carbocycles. The highest BCUT2D eigenvalue weighted by Gasteiger charge is 2.23. The maximum absolute atomic E-state index is 5.94. The van der Waals surface area contributed by atoms with Crippen LogP contribution in [0.2, 0.25) is 0 Å². The number of hydrogen-bond acceptors (Lipinski definition) is 2. The number of rotatable bonds is 20. The molecule has 3 nitrogen and oxygen atoms in total. The zero-order chi connectivity index (χ0) is 24.3. The third kappa shape index (κ3) is 13.4. The van der Waals surface area contributed by atoms with Crippen molar-refractivity contribution in [1.82, 2.24) is 0 Å². The molecule has 4 heteroatoms. The average molecular weight is 504 g/mol. The SMILES string of the molecule is CCCCCCCCCCc1ccc(OCCOCC[N+](CC)(CC)Cc2ccccc2)cc1.[Cl-]. The van der Waals surface area contributed by atoms with E-state index in [0.29, 0.717) is 13.2 Å². The van der Waals surface area contributed by atoms with Gasteiger partial charge in [0.25, 0.3) is 0 Å². The van der Waals surface area contributed by atoms with Crippen LogP contribution >= 0.6 is 0 Å². The van der Waals surface area contributed by atoms with Crippen molar-refractivity contribution in [2.24, 2.45) is 0 Å². The van der Waals surface area contributed by atoms with Crippen LogP contribution in [0.25, 0.3) is 0 Å². The summed E-state index contributed by atoms with van der Waals surface area (Å²) in [5.74, 6) is 0.944. The van der Waals surface area contributed by atoms with Gasteiger partial charge in [-0.1, -0.05) is 94.3 Å². The minimum atomic E-state index is 0. The largest absolute Gasteiger partial charge is 1.00 e. The first kappa shape index (κ1) is 31.5. The zero-order valence-corrected chi connectivity index (χ0v) is 23.4. The van der Waals surface area contributed by atoms with Crippen molar-refractivity contribution in [2.45, 2.75) is 85.1 Å². The molecule has 0 heterocycles. The summed E-state index contributed by atoms with van der Waals surface area (Å²) >= 11 is 0. The summed E-state index contributed by atoms with van der Waals surface area (Å²) in [5.41, 5.74) is 2.82. The van der Waals surface area contributed by atoms with E-state index in [0.717, 1.165) is 43.0 Å². The lowest BCUT2D eigenvalue weighted by molar-refractivity contribution is -0.938. The van der Waals surface area contributed by atoms with Crippen LogP contribution in [-0.4, -0.2) is 43.9 Å². The highest BCUT2D eigenvalue weighted by molar-refractivity contribution is 5.27. The molecule has 0 atom stereocenters. The van der Waals surface area contributed by atoms with Gasteiger partial charge in [-0.2, -0.15) is 0 Å². The molecule has 0 amide bonds. The molecule has 2 aromatic rings. The van der Waals surface area contributed by atoms with E-state index in [1.807, 2.05) is 0 Å². The molecule has 198 valence electrons. The van der Waals surface area contributed by atoms with Gasteiger partial charge < -0.3 is 26.4 Å². The second-order valence-electron chi connectivity index (χ2n) is 9.67. The van der Waals surface area contributed by atoms with Gasteiger partial charge in [0.15, 0.2) is 0 Å². The number of hydrogen-bond donors (Lipinski definition) is 0. The minimum Gasteiger partial charge on any atom is -1.00 e. The summed E-state index contributed by atoms with van der Waals surface area (Å²) in [6.07, 6.45) is 12.2. The lowest BCUT2D eigenvalue weighted by atomic mass is 10.0. The van der Waals surface area contributed by atoms with E-state index in [2.05, 4.69) is 75.4 Å². The summed E-state index contributed by atoms with van der Waals surface area (Å²) in [4.78, 5) is 0. The molecule has 0 saturated heterocycles. The van der Waals surface area contributed by atoms with Gasteiger partial charge in [0, 0.05) is 5.56 Å². The predicted molar refractivity (Wildman–Crippen MR) is 145 cm³/mol. The smallest absolute Gasteiger partial charge is 0.119 e. The Bertz CT molecular complexity index is 731. The van der Waals surface area contributed by atoms with Gasteiger partial charge in [-0.3, -0.25) is 0 Å². The molecule has 35 heavy (non-hydrogen) atoms. The molecule has 0 aromatic heterocycles. The van der Waals surface area contributed by atoms with Gasteiger partial charge >= 0.3 is 0 Å². The van der Waals surface area contributed by atoms with Crippen LogP contribution in [0.3, 0.4) is 0 Å². The van der Waals surface area contributed by atoms with E-state index in [4.69, 9.17) is 9.47 Å². The van der Waals surface area contributed by atoms with Crippen LogP contribution in [0.5, 0.6) is 5.75 Å². The summed E-state index contributed by atoms with van der Waals surface area (Å²) < 4.78 is 12.9. The Morgan fingerprint density at radius 2 is 1.26 bits per heavy atom. The minimum absolute atomic E-state index is 0. The first-order valence-electron chi connectivity index (χ1n) is 13.9. The van der Waals surface area contributed by atoms with E-state index in [1.54, 1.807) is 0 Å². The Kier molecular flexibility index (Phi) is 17.6. The number of benzene rings is 2. The summed E-state index contributed by atoms with van der Waals surface area (Å²) in [6, 6.07) is 19.5. The number of unbranched alkanes of at least 4 members (excludes halogenated alkanes) is 7. The molecule has 0 spiro atoms. The second-order valence-corrected chi connectivity index (χ2v) is 9.67. The maximum atomic E-state index is 5.94. The summed E-state index contributed by atoms with van der Waals surface area (Å²) in [6.45, 7) is 13.2. The Balaban J connectivity index is 0.00000612. The normalized spacial score (nSPS) is 11.3. The molecule has 0 N–H and O–H groups in total. The number of aryl methyl sites for hydroxylation is 1. The topological polar surface area (TPSA) is 18.5 Å². The van der Waals surface area contributed by atoms with E-state index < -0.39 is 0 Å². The first-order chi connectivity index (χ1) is 16.7. The summed E-state index contributed by atoms with van der Waals surface area (Å²) in [5, 5.41) is 0. The van der Waals surface area contributed by atoms with Crippen molar-refractivity contribution in [3.8, 4) is 5.75 Å². The molecule has 0 aliphatic heterocycles. The fourth-order valence-electron chi connectivity index (χ4n) is 4.61. The van der Waals surface area contributed by atoms with Crippen LogP contribution < -0.4 is 17.1 Å². The van der Waals surface area contributed by atoms with Gasteiger partial charge in [-0.05, 0) is 44.4 Å². The molecule has 0 unspecified atom stereocenters. The van der Waals surface area contributed by atoms with Crippen LogP contribution in [0.1, 0.15) is 83.3 Å². The van der Waals surface area contributed by atoms with Crippen molar-refractivity contribution in [3.63, 3.8) is 0 Å². The van der Waals surface area contributed by atoms with E-state index in [-0.39, 0.29) is 12.4 Å². The number of likely N-dealkylation sites (N-methyl/N-ethyl adjacent to an activating group) is 1. The van der Waals surface area contributed by atoms with E-state index >= 15 is 0 Å². The number of ether oxygens (including phenoxy) is 2. The quantitative estimate of drug-likeness (QED) is 0.190.